The van der Waals surface area contributed by atoms with Crippen LogP contribution < -0.4 is 10.6 Å². The maximum atomic E-state index is 13.3. The molecule has 2 aromatic rings. The first kappa shape index (κ1) is 30.3. The Morgan fingerprint density at radius 1 is 1.15 bits per heavy atom. The van der Waals surface area contributed by atoms with Gasteiger partial charge in [0.1, 0.15) is 17.7 Å². The van der Waals surface area contributed by atoms with Crippen LogP contribution in [0, 0.1) is 5.41 Å². The molecule has 1 aliphatic rings. The van der Waals surface area contributed by atoms with E-state index in [9.17, 15) is 28.8 Å². The predicted octanol–water partition coefficient (Wildman–Crippen LogP) is 2.66. The number of hydrogen-bond donors (Lipinski definition) is 3. The summed E-state index contributed by atoms with van der Waals surface area (Å²) in [5.74, 6) is -2.70. The summed E-state index contributed by atoms with van der Waals surface area (Å²) in [6.45, 7) is 4.72. The summed E-state index contributed by atoms with van der Waals surface area (Å²) in [6, 6.07) is 5.12. The lowest BCUT2D eigenvalue weighted by Crippen LogP contribution is -2.55. The van der Waals surface area contributed by atoms with Gasteiger partial charge in [-0.3, -0.25) is 14.4 Å². The molecule has 1 aromatic heterocycles. The summed E-state index contributed by atoms with van der Waals surface area (Å²) in [4.78, 5) is 60.7. The summed E-state index contributed by atoms with van der Waals surface area (Å²) in [7, 11) is 0. The summed E-state index contributed by atoms with van der Waals surface area (Å²) in [5.41, 5.74) is -0.471. The fourth-order valence-corrected chi connectivity index (χ4v) is 5.09. The molecule has 2 atom stereocenters. The number of aliphatic carboxylic acids is 1. The van der Waals surface area contributed by atoms with Gasteiger partial charge in [0.25, 0.3) is 5.91 Å². The average molecular weight is 578 g/mol. The second-order valence-electron chi connectivity index (χ2n) is 9.31. The Morgan fingerprint density at radius 3 is 2.31 bits per heavy atom. The van der Waals surface area contributed by atoms with Crippen molar-refractivity contribution in [3.8, 4) is 0 Å². The predicted molar refractivity (Wildman–Crippen MR) is 146 cm³/mol. The SMILES string of the molecule is CCC(CC)(C(=O)N[C@@H](Cc1ccc(NC(=O)c2nc([S+](C)[O-])ncc2Cl)cc1)C(=O)O)C(=O)N1CCCC1. The van der Waals surface area contributed by atoms with Gasteiger partial charge in [0.05, 0.1) is 11.2 Å². The van der Waals surface area contributed by atoms with E-state index in [0.29, 0.717) is 24.3 Å². The molecule has 11 nitrogen and oxygen atoms in total. The van der Waals surface area contributed by atoms with Crippen LogP contribution in [0.1, 0.15) is 55.6 Å². The quantitative estimate of drug-likeness (QED) is 0.208. The third kappa shape index (κ3) is 7.06. The molecule has 2 heterocycles. The Hall–Kier alpha value is -3.22. The first-order chi connectivity index (χ1) is 18.5. The minimum absolute atomic E-state index is 0.00295. The highest BCUT2D eigenvalue weighted by atomic mass is 35.5. The molecule has 3 amide bonds. The van der Waals surface area contributed by atoms with Crippen LogP contribution >= 0.6 is 11.6 Å². The van der Waals surface area contributed by atoms with Crippen molar-refractivity contribution in [3.63, 3.8) is 0 Å². The number of carbonyl (C=O) groups excluding carboxylic acids is 3. The van der Waals surface area contributed by atoms with Gasteiger partial charge in [-0.1, -0.05) is 37.6 Å². The summed E-state index contributed by atoms with van der Waals surface area (Å²) in [5, 5.41) is 15.0. The lowest BCUT2D eigenvalue weighted by atomic mass is 9.79. The molecule has 1 unspecified atom stereocenters. The zero-order valence-electron chi connectivity index (χ0n) is 22.0. The van der Waals surface area contributed by atoms with E-state index in [1.54, 1.807) is 43.0 Å². The fourth-order valence-electron chi connectivity index (χ4n) is 4.49. The van der Waals surface area contributed by atoms with Crippen molar-refractivity contribution in [1.29, 1.82) is 0 Å². The van der Waals surface area contributed by atoms with Gasteiger partial charge in [0, 0.05) is 36.4 Å². The molecule has 0 saturated carbocycles. The summed E-state index contributed by atoms with van der Waals surface area (Å²) < 4.78 is 11.6. The van der Waals surface area contributed by atoms with Gasteiger partial charge in [0.15, 0.2) is 5.69 Å². The van der Waals surface area contributed by atoms with Gasteiger partial charge < -0.3 is 25.2 Å². The third-order valence-corrected chi connectivity index (χ3v) is 7.88. The third-order valence-electron chi connectivity index (χ3n) is 6.89. The zero-order chi connectivity index (χ0) is 28.7. The monoisotopic (exact) mass is 577 g/mol. The highest BCUT2D eigenvalue weighted by Crippen LogP contribution is 2.31. The molecule has 3 N–H and O–H groups in total. The number of carboxylic acids is 1. The highest BCUT2D eigenvalue weighted by Gasteiger charge is 2.46. The van der Waals surface area contributed by atoms with Crippen molar-refractivity contribution in [2.24, 2.45) is 5.41 Å². The number of hydrogen-bond acceptors (Lipinski definition) is 7. The molecule has 13 heteroatoms. The fraction of sp³-hybridized carbons (Fsp3) is 0.462. The second kappa shape index (κ2) is 13.2. The molecular weight excluding hydrogens is 546 g/mol. The maximum absolute atomic E-state index is 13.3. The van der Waals surface area contributed by atoms with E-state index in [0.717, 1.165) is 12.8 Å². The van der Waals surface area contributed by atoms with Crippen LogP contribution in [-0.2, 0) is 32.0 Å². The number of likely N-dealkylation sites (tertiary alicyclic amines) is 1. The topological polar surface area (TPSA) is 165 Å². The summed E-state index contributed by atoms with van der Waals surface area (Å²) >= 11 is 4.53. The van der Waals surface area contributed by atoms with E-state index < -0.39 is 40.4 Å². The molecule has 1 saturated heterocycles. The van der Waals surface area contributed by atoms with Crippen molar-refractivity contribution in [2.45, 2.75) is 57.1 Å². The molecule has 0 bridgehead atoms. The molecule has 210 valence electrons. The second-order valence-corrected chi connectivity index (χ2v) is 11.0. The number of anilines is 1. The maximum Gasteiger partial charge on any atom is 0.343 e. The largest absolute Gasteiger partial charge is 0.609 e. The van der Waals surface area contributed by atoms with Crippen molar-refractivity contribution >= 4 is 52.2 Å². The molecule has 1 fully saturated rings. The molecule has 3 rings (SSSR count). The van der Waals surface area contributed by atoms with E-state index in [4.69, 9.17) is 11.6 Å². The number of carbonyl (C=O) groups is 4. The number of amides is 3. The van der Waals surface area contributed by atoms with E-state index >= 15 is 0 Å². The Kier molecular flexibility index (Phi) is 10.3. The Bertz CT molecular complexity index is 1220. The number of carboxylic acid groups (broad SMARTS) is 1. The number of aromatic nitrogens is 2. The molecule has 0 spiro atoms. The minimum Gasteiger partial charge on any atom is -0.609 e. The van der Waals surface area contributed by atoms with Crippen LogP contribution in [0.25, 0.3) is 0 Å². The number of rotatable bonds is 11. The van der Waals surface area contributed by atoms with E-state index in [2.05, 4.69) is 20.6 Å². The average Bonchev–Trinajstić information content (AvgIpc) is 3.45. The van der Waals surface area contributed by atoms with E-state index in [1.807, 2.05) is 0 Å². The van der Waals surface area contributed by atoms with Crippen molar-refractivity contribution in [1.82, 2.24) is 20.2 Å². The lowest BCUT2D eigenvalue weighted by Gasteiger charge is -2.34. The van der Waals surface area contributed by atoms with Crippen LogP contribution in [0.2, 0.25) is 5.02 Å². The summed E-state index contributed by atoms with van der Waals surface area (Å²) in [6.07, 6.45) is 4.85. The number of nitrogens with zero attached hydrogens (tertiary/aromatic N) is 3. The van der Waals surface area contributed by atoms with Crippen LogP contribution in [0.5, 0.6) is 0 Å². The van der Waals surface area contributed by atoms with Crippen LogP contribution in [0.15, 0.2) is 35.6 Å². The normalized spacial score (nSPS) is 14.9. The first-order valence-corrected chi connectivity index (χ1v) is 14.5. The van der Waals surface area contributed by atoms with Crippen LogP contribution in [0.4, 0.5) is 5.69 Å². The Morgan fingerprint density at radius 2 is 1.77 bits per heavy atom. The van der Waals surface area contributed by atoms with Gasteiger partial charge in [-0.05, 0) is 43.4 Å². The van der Waals surface area contributed by atoms with Gasteiger partial charge in [-0.15, -0.1) is 0 Å². The van der Waals surface area contributed by atoms with Gasteiger partial charge in [0.2, 0.25) is 11.8 Å². The van der Waals surface area contributed by atoms with Gasteiger partial charge in [-0.2, -0.15) is 9.97 Å². The standard InChI is InChI=1S/C26H32ClN5O6S/c1-4-26(5-2,24(37)32-12-6-7-13-32)23(36)30-19(22(34)35)14-16-8-10-17(11-9-16)29-21(33)20-18(27)15-28-25(31-20)39(3)38/h8-11,15,19H,4-7,12-14H2,1-3H3,(H,29,33)(H,30,36)(H,34,35)/t19-,39?/m0/s1. The van der Waals surface area contributed by atoms with Crippen LogP contribution in [0.3, 0.4) is 0 Å². The minimum atomic E-state index is -1.50. The number of benzene rings is 1. The molecular formula is C26H32ClN5O6S. The van der Waals surface area contributed by atoms with E-state index in [-0.39, 0.29) is 41.0 Å². The van der Waals surface area contributed by atoms with Crippen LogP contribution in [-0.4, -0.2) is 73.6 Å². The highest BCUT2D eigenvalue weighted by molar-refractivity contribution is 7.90. The van der Waals surface area contributed by atoms with Gasteiger partial charge in [-0.25, -0.2) is 4.79 Å². The van der Waals surface area contributed by atoms with E-state index in [1.165, 1.54) is 12.5 Å². The smallest absolute Gasteiger partial charge is 0.343 e. The molecule has 0 aliphatic carbocycles. The van der Waals surface area contributed by atoms with Crippen molar-refractivity contribution in [3.05, 3.63) is 46.7 Å². The first-order valence-electron chi connectivity index (χ1n) is 12.6. The molecule has 1 aromatic carbocycles. The zero-order valence-corrected chi connectivity index (χ0v) is 23.6. The Labute approximate surface area is 234 Å². The molecule has 0 radical (unpaired) electrons. The number of nitrogens with one attached hydrogen (secondary N) is 2. The Balaban J connectivity index is 1.70. The molecule has 1 aliphatic heterocycles. The molecule has 39 heavy (non-hydrogen) atoms. The van der Waals surface area contributed by atoms with Crippen molar-refractivity contribution < 1.29 is 28.8 Å². The van der Waals surface area contributed by atoms with Gasteiger partial charge >= 0.3 is 11.1 Å². The number of halogens is 1. The van der Waals surface area contributed by atoms with Crippen molar-refractivity contribution in [2.75, 3.05) is 24.7 Å². The lowest BCUT2D eigenvalue weighted by molar-refractivity contribution is -0.153.